The zero-order valence-electron chi connectivity index (χ0n) is 8.54. The monoisotopic (exact) mass is 340 g/mol. The van der Waals surface area contributed by atoms with Crippen LogP contribution in [0, 0.1) is 0 Å². The second-order valence-electron chi connectivity index (χ2n) is 3.27. The first-order valence-electron chi connectivity index (χ1n) is 4.90. The molecule has 0 amide bonds. The molecule has 1 nitrogen and oxygen atoms in total. The van der Waals surface area contributed by atoms with Crippen LogP contribution in [0.3, 0.4) is 0 Å². The molecule has 2 aromatic rings. The van der Waals surface area contributed by atoms with E-state index in [1.807, 2.05) is 36.4 Å². The third-order valence-corrected chi connectivity index (χ3v) is 2.98. The van der Waals surface area contributed by atoms with Gasteiger partial charge in [0, 0.05) is 0 Å². The van der Waals surface area contributed by atoms with Crippen LogP contribution in [-0.2, 0) is 0 Å². The van der Waals surface area contributed by atoms with Crippen molar-refractivity contribution in [2.24, 2.45) is 0 Å². The van der Waals surface area contributed by atoms with Crippen LogP contribution < -0.4 is 4.90 Å². The molecule has 0 fully saturated rings. The summed E-state index contributed by atoms with van der Waals surface area (Å²) < 4.78 is 1.01. The summed E-state index contributed by atoms with van der Waals surface area (Å²) in [6, 6.07) is 20.5. The standard InChI is InChI=1S/C13H10NSe2/c15-13(16)14(11-7-3-1-4-8-11)12-9-5-2-6-10-12/h1-10H. The topological polar surface area (TPSA) is 3.24 Å². The van der Waals surface area contributed by atoms with Crippen molar-refractivity contribution in [1.29, 1.82) is 0 Å². The van der Waals surface area contributed by atoms with Crippen LogP contribution >= 0.6 is 0 Å². The molecule has 0 saturated heterocycles. The average molecular weight is 338 g/mol. The molecule has 0 heterocycles. The van der Waals surface area contributed by atoms with Crippen molar-refractivity contribution < 1.29 is 0 Å². The maximum absolute atomic E-state index is 3.02. The fourth-order valence-electron chi connectivity index (χ4n) is 1.51. The SMILES string of the molecule is [Se]C(=[Se])N(c1ccccc1)c1ccccc1. The van der Waals surface area contributed by atoms with Crippen molar-refractivity contribution in [2.45, 2.75) is 0 Å². The van der Waals surface area contributed by atoms with E-state index in [0.29, 0.717) is 0 Å². The van der Waals surface area contributed by atoms with Gasteiger partial charge in [0.25, 0.3) is 0 Å². The molecule has 0 aliphatic rings. The van der Waals surface area contributed by atoms with E-state index in [0.717, 1.165) is 14.8 Å². The second-order valence-corrected chi connectivity index (χ2v) is 6.21. The first-order valence-corrected chi connectivity index (χ1v) is 6.61. The molecule has 0 unspecified atom stereocenters. The zero-order chi connectivity index (χ0) is 11.4. The Hall–Kier alpha value is -0.851. The van der Waals surface area contributed by atoms with Gasteiger partial charge in [-0.3, -0.25) is 0 Å². The average Bonchev–Trinajstić information content (AvgIpc) is 2.31. The molecule has 3 heteroatoms. The quantitative estimate of drug-likeness (QED) is 0.776. The van der Waals surface area contributed by atoms with E-state index in [1.165, 1.54) is 0 Å². The molecule has 0 spiro atoms. The molecule has 0 bridgehead atoms. The molecular formula is C13H10NSe2. The van der Waals surface area contributed by atoms with Gasteiger partial charge in [-0.2, -0.15) is 0 Å². The van der Waals surface area contributed by atoms with Crippen LogP contribution in [-0.4, -0.2) is 35.0 Å². The molecule has 2 aromatic carbocycles. The van der Waals surface area contributed by atoms with E-state index in [4.69, 9.17) is 0 Å². The van der Waals surface area contributed by atoms with Crippen molar-refractivity contribution in [3.05, 3.63) is 60.7 Å². The minimum atomic E-state index is 1.01. The molecule has 79 valence electrons. The summed E-state index contributed by atoms with van der Waals surface area (Å²) in [5.41, 5.74) is 2.28. The molecule has 2 rings (SSSR count). The van der Waals surface area contributed by atoms with Crippen LogP contribution in [0.15, 0.2) is 60.7 Å². The number of rotatable bonds is 3. The molecule has 16 heavy (non-hydrogen) atoms. The van der Waals surface area contributed by atoms with Crippen molar-refractivity contribution >= 4 is 46.4 Å². The molecule has 0 aromatic heterocycles. The van der Waals surface area contributed by atoms with Crippen LogP contribution in [0.1, 0.15) is 0 Å². The summed E-state index contributed by atoms with van der Waals surface area (Å²) in [7, 11) is 0. The first kappa shape index (κ1) is 11.6. The van der Waals surface area contributed by atoms with E-state index < -0.39 is 0 Å². The normalized spacial score (nSPS) is 9.75. The van der Waals surface area contributed by atoms with Crippen molar-refractivity contribution in [3.8, 4) is 0 Å². The fourth-order valence-corrected chi connectivity index (χ4v) is 2.40. The van der Waals surface area contributed by atoms with Gasteiger partial charge < -0.3 is 0 Å². The maximum atomic E-state index is 3.02. The van der Waals surface area contributed by atoms with Gasteiger partial charge in [-0.1, -0.05) is 0 Å². The Morgan fingerprint density at radius 3 is 1.44 bits per heavy atom. The van der Waals surface area contributed by atoms with Crippen molar-refractivity contribution in [1.82, 2.24) is 0 Å². The van der Waals surface area contributed by atoms with E-state index in [-0.39, 0.29) is 0 Å². The molecule has 0 aliphatic heterocycles. The van der Waals surface area contributed by atoms with Crippen molar-refractivity contribution in [3.63, 3.8) is 0 Å². The Balaban J connectivity index is 2.44. The molecule has 0 atom stereocenters. The Kier molecular flexibility index (Phi) is 3.98. The molecule has 0 N–H and O–H groups in total. The van der Waals surface area contributed by atoms with E-state index in [1.54, 1.807) is 0 Å². The number of hydrogen-bond acceptors (Lipinski definition) is 1. The van der Waals surface area contributed by atoms with Gasteiger partial charge in [0.05, 0.1) is 0 Å². The van der Waals surface area contributed by atoms with E-state index >= 15 is 0 Å². The number of benzene rings is 2. The summed E-state index contributed by atoms with van der Waals surface area (Å²) >= 11 is 6.05. The second kappa shape index (κ2) is 5.47. The van der Waals surface area contributed by atoms with Gasteiger partial charge in [-0.25, -0.2) is 0 Å². The molecule has 1 radical (unpaired) electrons. The van der Waals surface area contributed by atoms with Crippen LogP contribution in [0.25, 0.3) is 0 Å². The number of hydrogen-bond donors (Lipinski definition) is 0. The van der Waals surface area contributed by atoms with Gasteiger partial charge in [0.15, 0.2) is 0 Å². The Bertz CT molecular complexity index is 428. The summed E-state index contributed by atoms with van der Waals surface area (Å²) in [5.74, 6) is 0. The van der Waals surface area contributed by atoms with Crippen LogP contribution in [0.5, 0.6) is 0 Å². The number of anilines is 2. The number of para-hydroxylation sites is 2. The molecule has 0 saturated carbocycles. The summed E-state index contributed by atoms with van der Waals surface area (Å²) in [6.45, 7) is 0. The van der Waals surface area contributed by atoms with E-state index in [2.05, 4.69) is 60.8 Å². The van der Waals surface area contributed by atoms with Crippen LogP contribution in [0.4, 0.5) is 11.4 Å². The third kappa shape index (κ3) is 2.63. The Morgan fingerprint density at radius 1 is 0.750 bits per heavy atom. The third-order valence-electron chi connectivity index (χ3n) is 2.21. The summed E-state index contributed by atoms with van der Waals surface area (Å²) in [4.78, 5) is 2.14. The predicted molar refractivity (Wildman–Crippen MR) is 71.5 cm³/mol. The van der Waals surface area contributed by atoms with Gasteiger partial charge in [-0.15, -0.1) is 0 Å². The minimum absolute atomic E-state index is 1.01. The van der Waals surface area contributed by atoms with Crippen molar-refractivity contribution in [2.75, 3.05) is 4.90 Å². The van der Waals surface area contributed by atoms with Gasteiger partial charge in [0.1, 0.15) is 0 Å². The fraction of sp³-hybridized carbons (Fsp3) is 0. The Labute approximate surface area is 112 Å². The summed E-state index contributed by atoms with van der Waals surface area (Å²) in [6.07, 6.45) is 0. The molecular weight excluding hydrogens is 328 g/mol. The van der Waals surface area contributed by atoms with Gasteiger partial charge in [0.2, 0.25) is 0 Å². The Morgan fingerprint density at radius 2 is 1.12 bits per heavy atom. The van der Waals surface area contributed by atoms with Crippen LogP contribution in [0.2, 0.25) is 0 Å². The van der Waals surface area contributed by atoms with Gasteiger partial charge in [-0.05, 0) is 0 Å². The van der Waals surface area contributed by atoms with E-state index in [9.17, 15) is 0 Å². The zero-order valence-corrected chi connectivity index (χ0v) is 12.0. The number of nitrogens with zero attached hydrogens (tertiary/aromatic N) is 1. The molecule has 0 aliphatic carbocycles. The first-order chi connectivity index (χ1) is 7.79. The van der Waals surface area contributed by atoms with Gasteiger partial charge >= 0.3 is 112 Å². The predicted octanol–water partition coefficient (Wildman–Crippen LogP) is 2.25. The summed E-state index contributed by atoms with van der Waals surface area (Å²) in [5, 5.41) is 0.